The van der Waals surface area contributed by atoms with Crippen molar-refractivity contribution >= 4 is 5.96 Å². The molecule has 7 nitrogen and oxygen atoms in total. The normalized spacial score (nSPS) is 18.2. The monoisotopic (exact) mass is 383 g/mol. The highest BCUT2D eigenvalue weighted by atomic mass is 15.3. The Labute approximate surface area is 168 Å². The van der Waals surface area contributed by atoms with Crippen LogP contribution in [0.3, 0.4) is 0 Å². The van der Waals surface area contributed by atoms with Gasteiger partial charge in [-0.15, -0.1) is 0 Å². The van der Waals surface area contributed by atoms with Gasteiger partial charge in [0.1, 0.15) is 0 Å². The number of aromatic nitrogens is 3. The number of likely N-dealkylation sites (tertiary alicyclic amines) is 1. The molecule has 3 heterocycles. The number of nitrogens with zero attached hydrogens (tertiary/aromatic N) is 5. The van der Waals surface area contributed by atoms with Gasteiger partial charge in [0.05, 0.1) is 6.54 Å². The molecule has 2 N–H and O–H groups in total. The second-order valence-electron chi connectivity index (χ2n) is 7.33. The highest BCUT2D eigenvalue weighted by Gasteiger charge is 2.17. The summed E-state index contributed by atoms with van der Waals surface area (Å²) in [6.45, 7) is 9.24. The molecule has 7 heteroatoms. The first-order valence-electron chi connectivity index (χ1n) is 10.5. The molecule has 0 aliphatic carbocycles. The smallest absolute Gasteiger partial charge is 0.191 e. The van der Waals surface area contributed by atoms with Gasteiger partial charge in [0.15, 0.2) is 11.8 Å². The summed E-state index contributed by atoms with van der Waals surface area (Å²) in [5.74, 6) is 1.68. The Morgan fingerprint density at radius 2 is 2.21 bits per heavy atom. The van der Waals surface area contributed by atoms with Crippen molar-refractivity contribution in [1.82, 2.24) is 30.3 Å². The lowest BCUT2D eigenvalue weighted by atomic mass is 10.0. The van der Waals surface area contributed by atoms with E-state index in [2.05, 4.69) is 39.5 Å². The second kappa shape index (κ2) is 10.8. The van der Waals surface area contributed by atoms with Crippen molar-refractivity contribution in [3.63, 3.8) is 0 Å². The number of guanidine groups is 1. The Bertz CT molecular complexity index is 726. The minimum absolute atomic E-state index is 0.606. The number of rotatable bonds is 8. The lowest BCUT2D eigenvalue weighted by Gasteiger charge is -2.33. The van der Waals surface area contributed by atoms with Crippen LogP contribution in [0.1, 0.15) is 45.1 Å². The van der Waals surface area contributed by atoms with Crippen LogP contribution < -0.4 is 10.6 Å². The zero-order chi connectivity index (χ0) is 19.6. The van der Waals surface area contributed by atoms with Gasteiger partial charge in [-0.2, -0.15) is 5.10 Å². The summed E-state index contributed by atoms with van der Waals surface area (Å²) in [6, 6.07) is 6.64. The van der Waals surface area contributed by atoms with Crippen LogP contribution in [-0.2, 0) is 6.54 Å². The van der Waals surface area contributed by atoms with Crippen LogP contribution in [-0.4, -0.2) is 57.8 Å². The first kappa shape index (κ1) is 20.3. The molecule has 1 unspecified atom stereocenters. The van der Waals surface area contributed by atoms with Crippen LogP contribution in [0.25, 0.3) is 5.82 Å². The van der Waals surface area contributed by atoms with Crippen molar-refractivity contribution in [3.05, 3.63) is 42.4 Å². The van der Waals surface area contributed by atoms with Gasteiger partial charge in [0, 0.05) is 44.3 Å². The fourth-order valence-electron chi connectivity index (χ4n) is 3.58. The standard InChI is InChI=1S/C21H33N7/c1-3-22-21(24-10-6-14-27-13-5-4-8-18(27)2)25-17-19-9-12-23-20(16-19)28-15-7-11-26-28/h7,9,11-12,15-16,18H,3-6,8,10,13-14,17H2,1-2H3,(H2,22,24,25). The summed E-state index contributed by atoms with van der Waals surface area (Å²) in [5, 5.41) is 11.0. The summed E-state index contributed by atoms with van der Waals surface area (Å²) < 4.78 is 1.76. The average Bonchev–Trinajstić information content (AvgIpc) is 3.26. The predicted octanol–water partition coefficient (Wildman–Crippen LogP) is 2.59. The molecular formula is C21H33N7. The molecule has 0 saturated carbocycles. The molecule has 3 rings (SSSR count). The Morgan fingerprint density at radius 3 is 3.00 bits per heavy atom. The predicted molar refractivity (Wildman–Crippen MR) is 114 cm³/mol. The molecule has 2 aromatic heterocycles. The van der Waals surface area contributed by atoms with E-state index in [1.54, 1.807) is 10.9 Å². The molecule has 1 aliphatic rings. The lowest BCUT2D eigenvalue weighted by molar-refractivity contribution is 0.159. The quantitative estimate of drug-likeness (QED) is 0.417. The van der Waals surface area contributed by atoms with E-state index in [-0.39, 0.29) is 0 Å². The van der Waals surface area contributed by atoms with Gasteiger partial charge in [0.25, 0.3) is 0 Å². The maximum atomic E-state index is 4.73. The fourth-order valence-corrected chi connectivity index (χ4v) is 3.58. The molecule has 0 aromatic carbocycles. The topological polar surface area (TPSA) is 70.4 Å². The second-order valence-corrected chi connectivity index (χ2v) is 7.33. The zero-order valence-electron chi connectivity index (χ0n) is 17.1. The highest BCUT2D eigenvalue weighted by Crippen LogP contribution is 2.16. The molecule has 28 heavy (non-hydrogen) atoms. The Balaban J connectivity index is 1.49. The average molecular weight is 384 g/mol. The summed E-state index contributed by atoms with van der Waals surface area (Å²) in [6.07, 6.45) is 10.6. The van der Waals surface area contributed by atoms with Crippen molar-refractivity contribution in [2.24, 2.45) is 4.99 Å². The molecule has 152 valence electrons. The van der Waals surface area contributed by atoms with Gasteiger partial charge in [0.2, 0.25) is 0 Å². The van der Waals surface area contributed by atoms with E-state index in [0.29, 0.717) is 6.54 Å². The molecule has 0 spiro atoms. The summed E-state index contributed by atoms with van der Waals surface area (Å²) >= 11 is 0. The molecule has 1 saturated heterocycles. The summed E-state index contributed by atoms with van der Waals surface area (Å²) in [7, 11) is 0. The third-order valence-electron chi connectivity index (χ3n) is 5.17. The number of hydrogen-bond donors (Lipinski definition) is 2. The molecule has 1 fully saturated rings. The summed E-state index contributed by atoms with van der Waals surface area (Å²) in [5.41, 5.74) is 1.11. The van der Waals surface area contributed by atoms with Crippen LogP contribution in [0.15, 0.2) is 41.8 Å². The highest BCUT2D eigenvalue weighted by molar-refractivity contribution is 5.79. The maximum Gasteiger partial charge on any atom is 0.191 e. The number of aliphatic imine (C=N–C) groups is 1. The van der Waals surface area contributed by atoms with Gasteiger partial charge < -0.3 is 15.5 Å². The van der Waals surface area contributed by atoms with E-state index >= 15 is 0 Å². The third-order valence-corrected chi connectivity index (χ3v) is 5.17. The van der Waals surface area contributed by atoms with Gasteiger partial charge in [-0.1, -0.05) is 6.42 Å². The molecule has 0 radical (unpaired) electrons. The minimum Gasteiger partial charge on any atom is -0.357 e. The van der Waals surface area contributed by atoms with Crippen molar-refractivity contribution < 1.29 is 0 Å². The molecule has 2 aromatic rings. The molecule has 1 aliphatic heterocycles. The van der Waals surface area contributed by atoms with Crippen molar-refractivity contribution in [2.45, 2.75) is 52.1 Å². The zero-order valence-corrected chi connectivity index (χ0v) is 17.1. The number of pyridine rings is 1. The van der Waals surface area contributed by atoms with E-state index < -0.39 is 0 Å². The Morgan fingerprint density at radius 1 is 1.29 bits per heavy atom. The summed E-state index contributed by atoms with van der Waals surface area (Å²) in [4.78, 5) is 11.7. The maximum absolute atomic E-state index is 4.73. The Hall–Kier alpha value is -2.41. The van der Waals surface area contributed by atoms with Crippen LogP contribution in [0.2, 0.25) is 0 Å². The number of piperidine rings is 1. The third kappa shape index (κ3) is 6.05. The van der Waals surface area contributed by atoms with E-state index in [1.807, 2.05) is 30.6 Å². The van der Waals surface area contributed by atoms with Gasteiger partial charge in [-0.3, -0.25) is 0 Å². The fraction of sp³-hybridized carbons (Fsp3) is 0.571. The van der Waals surface area contributed by atoms with Crippen molar-refractivity contribution in [3.8, 4) is 5.82 Å². The number of nitrogens with one attached hydrogen (secondary N) is 2. The lowest BCUT2D eigenvalue weighted by Crippen LogP contribution is -2.41. The van der Waals surface area contributed by atoms with Crippen LogP contribution in [0.4, 0.5) is 0 Å². The molecule has 0 amide bonds. The Kier molecular flexibility index (Phi) is 7.84. The minimum atomic E-state index is 0.606. The van der Waals surface area contributed by atoms with Crippen molar-refractivity contribution in [2.75, 3.05) is 26.2 Å². The molecular weight excluding hydrogens is 350 g/mol. The van der Waals surface area contributed by atoms with E-state index in [9.17, 15) is 0 Å². The van der Waals surface area contributed by atoms with Gasteiger partial charge in [-0.25, -0.2) is 14.7 Å². The van der Waals surface area contributed by atoms with Crippen LogP contribution in [0, 0.1) is 0 Å². The first-order chi connectivity index (χ1) is 13.8. The van der Waals surface area contributed by atoms with E-state index in [0.717, 1.165) is 49.4 Å². The number of hydrogen-bond acceptors (Lipinski definition) is 4. The van der Waals surface area contributed by atoms with Gasteiger partial charge >= 0.3 is 0 Å². The van der Waals surface area contributed by atoms with Crippen LogP contribution >= 0.6 is 0 Å². The first-order valence-corrected chi connectivity index (χ1v) is 10.5. The molecule has 1 atom stereocenters. The van der Waals surface area contributed by atoms with Gasteiger partial charge in [-0.05, 0) is 63.4 Å². The van der Waals surface area contributed by atoms with Crippen molar-refractivity contribution in [1.29, 1.82) is 0 Å². The van der Waals surface area contributed by atoms with E-state index in [4.69, 9.17) is 4.99 Å². The van der Waals surface area contributed by atoms with E-state index in [1.165, 1.54) is 25.8 Å². The molecule has 0 bridgehead atoms. The largest absolute Gasteiger partial charge is 0.357 e. The van der Waals surface area contributed by atoms with Crippen LogP contribution in [0.5, 0.6) is 0 Å². The SMILES string of the molecule is CCNC(=NCc1ccnc(-n2cccn2)c1)NCCCN1CCCCC1C.